The van der Waals surface area contributed by atoms with E-state index in [1.54, 1.807) is 16.8 Å². The molecule has 140 valence electrons. The Bertz CT molecular complexity index is 1000. The second-order valence-electron chi connectivity index (χ2n) is 7.51. The van der Waals surface area contributed by atoms with Crippen LogP contribution in [0.4, 0.5) is 4.79 Å². The molecule has 1 unspecified atom stereocenters. The molecule has 1 aromatic heterocycles. The number of amides is 3. The van der Waals surface area contributed by atoms with Crippen LogP contribution in [0.3, 0.4) is 0 Å². The van der Waals surface area contributed by atoms with Crippen LogP contribution in [-0.4, -0.2) is 66.5 Å². The minimum Gasteiger partial charge on any atom is -0.439 e. The molecule has 7 nitrogen and oxygen atoms in total. The summed E-state index contributed by atoms with van der Waals surface area (Å²) in [5.74, 6) is -0.0847. The highest BCUT2D eigenvalue weighted by atomic mass is 32.1. The lowest BCUT2D eigenvalue weighted by Gasteiger charge is -2.22. The number of likely N-dealkylation sites (N-methyl/N-ethyl adjacent to an activating group) is 1. The summed E-state index contributed by atoms with van der Waals surface area (Å²) in [6.45, 7) is 2.14. The van der Waals surface area contributed by atoms with Crippen molar-refractivity contribution in [2.75, 3.05) is 33.2 Å². The highest BCUT2D eigenvalue weighted by molar-refractivity contribution is 7.21. The third kappa shape index (κ3) is 2.50. The van der Waals surface area contributed by atoms with E-state index in [0.717, 1.165) is 26.9 Å². The molecule has 4 heterocycles. The average molecular weight is 385 g/mol. The molecule has 0 bridgehead atoms. The molecule has 8 heteroatoms. The zero-order chi connectivity index (χ0) is 18.8. The summed E-state index contributed by atoms with van der Waals surface area (Å²) < 4.78 is 6.56. The molecule has 1 atom stereocenters. The number of fused-ring (bicyclic) bond motifs is 3. The second-order valence-corrected chi connectivity index (χ2v) is 8.56. The molecular weight excluding hydrogens is 366 g/mol. The van der Waals surface area contributed by atoms with Crippen molar-refractivity contribution in [3.05, 3.63) is 34.2 Å². The van der Waals surface area contributed by atoms with Gasteiger partial charge in [-0.2, -0.15) is 0 Å². The topological polar surface area (TPSA) is 78.9 Å². The van der Waals surface area contributed by atoms with E-state index in [1.807, 2.05) is 18.2 Å². The predicted octanol–water partition coefficient (Wildman–Crippen LogP) is 1.85. The van der Waals surface area contributed by atoms with Gasteiger partial charge in [0.1, 0.15) is 0 Å². The summed E-state index contributed by atoms with van der Waals surface area (Å²) >= 11 is 1.48. The molecular formula is C19H19N3O4S. The fourth-order valence-electron chi connectivity index (χ4n) is 4.30. The molecule has 27 heavy (non-hydrogen) atoms. The second kappa shape index (κ2) is 5.69. The number of hydrogen-bond donors (Lipinski definition) is 1. The lowest BCUT2D eigenvalue weighted by atomic mass is 10.0. The standard InChI is InChI=1S/C19H19N3O4S/c1-21-9-19(26-18(21)25)5-7-22(10-19)17(24)11-2-3-14-13(8-11)12-4-6-20-16(23)15(12)27-14/h2-3,8H,4-7,9-10H2,1H3,(H,20,23). The van der Waals surface area contributed by atoms with E-state index >= 15 is 0 Å². The highest BCUT2D eigenvalue weighted by Crippen LogP contribution is 2.35. The van der Waals surface area contributed by atoms with Gasteiger partial charge in [-0.25, -0.2) is 4.79 Å². The maximum absolute atomic E-state index is 13.0. The minimum absolute atomic E-state index is 0.0287. The Kier molecular flexibility index (Phi) is 3.49. The van der Waals surface area contributed by atoms with E-state index in [9.17, 15) is 14.4 Å². The van der Waals surface area contributed by atoms with Gasteiger partial charge in [0.2, 0.25) is 0 Å². The Morgan fingerprint density at radius 3 is 2.93 bits per heavy atom. The first-order valence-corrected chi connectivity index (χ1v) is 9.84. The number of nitrogens with one attached hydrogen (secondary N) is 1. The quantitative estimate of drug-likeness (QED) is 0.813. The van der Waals surface area contributed by atoms with Crippen LogP contribution in [0.1, 0.15) is 32.0 Å². The van der Waals surface area contributed by atoms with Gasteiger partial charge in [0.25, 0.3) is 11.8 Å². The molecule has 1 aromatic carbocycles. The summed E-state index contributed by atoms with van der Waals surface area (Å²) in [7, 11) is 1.71. The minimum atomic E-state index is -0.578. The number of carbonyl (C=O) groups excluding carboxylic acids is 3. The summed E-state index contributed by atoms with van der Waals surface area (Å²) in [5, 5.41) is 3.86. The third-order valence-corrected chi connectivity index (χ3v) is 6.86. The summed E-state index contributed by atoms with van der Waals surface area (Å²) in [5.41, 5.74) is 1.08. The molecule has 2 saturated heterocycles. The Morgan fingerprint density at radius 2 is 2.15 bits per heavy atom. The van der Waals surface area contributed by atoms with Crippen molar-refractivity contribution in [2.45, 2.75) is 18.4 Å². The fraction of sp³-hybridized carbons (Fsp3) is 0.421. The first-order valence-electron chi connectivity index (χ1n) is 9.03. The maximum atomic E-state index is 13.0. The van der Waals surface area contributed by atoms with Crippen molar-refractivity contribution in [3.63, 3.8) is 0 Å². The lowest BCUT2D eigenvalue weighted by Crippen LogP contribution is -2.39. The Balaban J connectivity index is 1.43. The van der Waals surface area contributed by atoms with Crippen LogP contribution in [0.15, 0.2) is 18.2 Å². The van der Waals surface area contributed by atoms with Gasteiger partial charge in [0.05, 0.1) is 18.0 Å². The van der Waals surface area contributed by atoms with Crippen LogP contribution in [0.5, 0.6) is 0 Å². The normalized spacial score (nSPS) is 24.5. The Morgan fingerprint density at radius 1 is 1.30 bits per heavy atom. The van der Waals surface area contributed by atoms with E-state index in [-0.39, 0.29) is 17.9 Å². The lowest BCUT2D eigenvalue weighted by molar-refractivity contribution is 0.0553. The van der Waals surface area contributed by atoms with E-state index in [1.165, 1.54) is 11.3 Å². The summed E-state index contributed by atoms with van der Waals surface area (Å²) in [4.78, 5) is 40.9. The van der Waals surface area contributed by atoms with Gasteiger partial charge >= 0.3 is 6.09 Å². The SMILES string of the molecule is CN1CC2(CCN(C(=O)c3ccc4sc5c(c4c3)CCNC5=O)C2)OC1=O. The first-order chi connectivity index (χ1) is 13.0. The third-order valence-electron chi connectivity index (χ3n) is 5.65. The van der Waals surface area contributed by atoms with E-state index in [0.29, 0.717) is 38.2 Å². The Labute approximate surface area is 159 Å². The van der Waals surface area contributed by atoms with Gasteiger partial charge in [0, 0.05) is 36.8 Å². The van der Waals surface area contributed by atoms with Crippen LogP contribution in [-0.2, 0) is 11.2 Å². The van der Waals surface area contributed by atoms with Gasteiger partial charge < -0.3 is 19.9 Å². The van der Waals surface area contributed by atoms with Crippen LogP contribution < -0.4 is 5.32 Å². The molecule has 0 saturated carbocycles. The van der Waals surface area contributed by atoms with E-state index in [4.69, 9.17) is 4.74 Å². The predicted molar refractivity (Wildman–Crippen MR) is 100 cm³/mol. The molecule has 1 spiro atoms. The van der Waals surface area contributed by atoms with Gasteiger partial charge in [-0.3, -0.25) is 9.59 Å². The number of benzene rings is 1. The van der Waals surface area contributed by atoms with E-state index in [2.05, 4.69) is 5.32 Å². The van der Waals surface area contributed by atoms with Crippen molar-refractivity contribution >= 4 is 39.3 Å². The zero-order valence-corrected chi connectivity index (χ0v) is 15.7. The number of thiophene rings is 1. The number of carbonyl (C=O) groups is 3. The van der Waals surface area contributed by atoms with Gasteiger partial charge in [0.15, 0.2) is 5.60 Å². The summed E-state index contributed by atoms with van der Waals surface area (Å²) in [6, 6.07) is 5.65. The smallest absolute Gasteiger partial charge is 0.410 e. The molecule has 2 fully saturated rings. The average Bonchev–Trinajstić information content (AvgIpc) is 3.31. The molecule has 3 aliphatic heterocycles. The van der Waals surface area contributed by atoms with Crippen LogP contribution >= 0.6 is 11.3 Å². The van der Waals surface area contributed by atoms with Gasteiger partial charge in [-0.1, -0.05) is 0 Å². The van der Waals surface area contributed by atoms with E-state index < -0.39 is 5.60 Å². The van der Waals surface area contributed by atoms with Gasteiger partial charge in [-0.05, 0) is 35.6 Å². The number of ether oxygens (including phenoxy) is 1. The van der Waals surface area contributed by atoms with Gasteiger partial charge in [-0.15, -0.1) is 11.3 Å². The number of hydrogen-bond acceptors (Lipinski definition) is 5. The summed E-state index contributed by atoms with van der Waals surface area (Å²) in [6.07, 6.45) is 1.12. The molecule has 2 aromatic rings. The van der Waals surface area contributed by atoms with Crippen molar-refractivity contribution in [1.29, 1.82) is 0 Å². The molecule has 3 amide bonds. The van der Waals surface area contributed by atoms with Crippen molar-refractivity contribution in [3.8, 4) is 0 Å². The molecule has 0 radical (unpaired) electrons. The first kappa shape index (κ1) is 16.6. The van der Waals surface area contributed by atoms with Crippen molar-refractivity contribution < 1.29 is 19.1 Å². The maximum Gasteiger partial charge on any atom is 0.410 e. The van der Waals surface area contributed by atoms with Crippen LogP contribution in [0.25, 0.3) is 10.1 Å². The zero-order valence-electron chi connectivity index (χ0n) is 14.9. The molecule has 1 N–H and O–H groups in total. The van der Waals surface area contributed by atoms with Crippen LogP contribution in [0.2, 0.25) is 0 Å². The molecule has 0 aliphatic carbocycles. The largest absolute Gasteiger partial charge is 0.439 e. The Hall–Kier alpha value is -2.61. The molecule has 3 aliphatic rings. The van der Waals surface area contributed by atoms with Crippen molar-refractivity contribution in [1.82, 2.24) is 15.1 Å². The highest BCUT2D eigenvalue weighted by Gasteiger charge is 2.49. The number of nitrogens with zero attached hydrogens (tertiary/aromatic N) is 2. The molecule has 5 rings (SSSR count). The van der Waals surface area contributed by atoms with Crippen LogP contribution in [0, 0.1) is 0 Å². The number of rotatable bonds is 1. The number of likely N-dealkylation sites (tertiary alicyclic amines) is 1. The fourth-order valence-corrected chi connectivity index (χ4v) is 5.45. The van der Waals surface area contributed by atoms with Crippen molar-refractivity contribution in [2.24, 2.45) is 0 Å². The monoisotopic (exact) mass is 385 g/mol.